The summed E-state index contributed by atoms with van der Waals surface area (Å²) < 4.78 is 12.9. The first kappa shape index (κ1) is 13.5. The molecule has 0 bridgehead atoms. The predicted octanol–water partition coefficient (Wildman–Crippen LogP) is 2.96. The van der Waals surface area contributed by atoms with Gasteiger partial charge in [-0.3, -0.25) is 0 Å². The smallest absolute Gasteiger partial charge is 0.123 e. The van der Waals surface area contributed by atoms with Crippen molar-refractivity contribution < 1.29 is 9.50 Å². The Morgan fingerprint density at radius 2 is 1.83 bits per heavy atom. The highest BCUT2D eigenvalue weighted by molar-refractivity contribution is 5.22. The van der Waals surface area contributed by atoms with Gasteiger partial charge in [-0.05, 0) is 37.5 Å². The van der Waals surface area contributed by atoms with Gasteiger partial charge in [0.25, 0.3) is 0 Å². The van der Waals surface area contributed by atoms with Gasteiger partial charge in [0.05, 0.1) is 5.60 Å². The third-order valence-corrected chi connectivity index (χ3v) is 3.81. The molecule has 1 aliphatic carbocycles. The van der Waals surface area contributed by atoms with Crippen LogP contribution in [0.1, 0.15) is 44.6 Å². The molecule has 1 aromatic carbocycles. The molecule has 0 radical (unpaired) electrons. The molecule has 2 rings (SSSR count). The van der Waals surface area contributed by atoms with Crippen LogP contribution in [0.4, 0.5) is 4.39 Å². The molecule has 0 aromatic heterocycles. The fraction of sp³-hybridized carbons (Fsp3) is 0.600. The summed E-state index contributed by atoms with van der Waals surface area (Å²) in [5.41, 5.74) is -0.183. The normalized spacial score (nSPS) is 20.6. The quantitative estimate of drug-likeness (QED) is 0.862. The fourth-order valence-corrected chi connectivity index (χ4v) is 2.56. The van der Waals surface area contributed by atoms with Crippen molar-refractivity contribution in [3.05, 3.63) is 35.6 Å². The van der Waals surface area contributed by atoms with Gasteiger partial charge in [0, 0.05) is 12.6 Å². The number of rotatable bonds is 4. The molecule has 100 valence electrons. The van der Waals surface area contributed by atoms with E-state index in [2.05, 4.69) is 5.32 Å². The highest BCUT2D eigenvalue weighted by Gasteiger charge is 2.24. The second kappa shape index (κ2) is 5.81. The van der Waals surface area contributed by atoms with Crippen LogP contribution in [0.25, 0.3) is 0 Å². The molecule has 2 N–H and O–H groups in total. The Morgan fingerprint density at radius 3 is 2.44 bits per heavy atom. The lowest BCUT2D eigenvalue weighted by Gasteiger charge is -2.29. The van der Waals surface area contributed by atoms with Gasteiger partial charge < -0.3 is 10.4 Å². The number of benzene rings is 1. The minimum absolute atomic E-state index is 0.269. The zero-order valence-corrected chi connectivity index (χ0v) is 11.0. The first-order chi connectivity index (χ1) is 8.58. The molecule has 0 heterocycles. The molecule has 1 atom stereocenters. The van der Waals surface area contributed by atoms with E-state index in [1.165, 1.54) is 44.2 Å². The number of hydrogen-bond donors (Lipinski definition) is 2. The standard InChI is InChI=1S/C15H22FNO/c1-15(18,12-7-9-13(16)10-8-12)11-17-14-5-3-2-4-6-14/h7-10,14,17-18H,2-6,11H2,1H3. The van der Waals surface area contributed by atoms with Gasteiger partial charge in [-0.15, -0.1) is 0 Å². The second-order valence-corrected chi connectivity index (χ2v) is 5.50. The average Bonchev–Trinajstić information content (AvgIpc) is 2.38. The zero-order chi connectivity index (χ0) is 13.0. The first-order valence-corrected chi connectivity index (χ1v) is 6.80. The Morgan fingerprint density at radius 1 is 1.22 bits per heavy atom. The zero-order valence-electron chi connectivity index (χ0n) is 11.0. The highest BCUT2D eigenvalue weighted by atomic mass is 19.1. The Balaban J connectivity index is 1.91. The summed E-state index contributed by atoms with van der Waals surface area (Å²) in [6, 6.07) is 6.61. The van der Waals surface area contributed by atoms with Crippen LogP contribution in [-0.2, 0) is 5.60 Å². The maximum atomic E-state index is 12.9. The summed E-state index contributed by atoms with van der Waals surface area (Å²) in [5, 5.41) is 13.9. The van der Waals surface area contributed by atoms with Crippen LogP contribution in [0.2, 0.25) is 0 Å². The van der Waals surface area contributed by atoms with E-state index in [0.29, 0.717) is 12.6 Å². The van der Waals surface area contributed by atoms with Crippen LogP contribution in [0.5, 0.6) is 0 Å². The molecule has 1 fully saturated rings. The third kappa shape index (κ3) is 3.53. The monoisotopic (exact) mass is 251 g/mol. The largest absolute Gasteiger partial charge is 0.384 e. The van der Waals surface area contributed by atoms with Gasteiger partial charge in [0.1, 0.15) is 5.82 Å². The lowest BCUT2D eigenvalue weighted by Crippen LogP contribution is -2.41. The minimum atomic E-state index is -0.939. The van der Waals surface area contributed by atoms with Crippen molar-refractivity contribution in [2.75, 3.05) is 6.54 Å². The summed E-state index contributed by atoms with van der Waals surface area (Å²) in [6.45, 7) is 2.29. The Labute approximate surface area is 108 Å². The molecular weight excluding hydrogens is 229 g/mol. The molecule has 0 spiro atoms. The van der Waals surface area contributed by atoms with Crippen molar-refractivity contribution in [1.29, 1.82) is 0 Å². The lowest BCUT2D eigenvalue weighted by atomic mass is 9.92. The summed E-state index contributed by atoms with van der Waals surface area (Å²) >= 11 is 0. The molecule has 1 unspecified atom stereocenters. The number of halogens is 1. The maximum absolute atomic E-state index is 12.9. The molecule has 1 aliphatic rings. The lowest BCUT2D eigenvalue weighted by molar-refractivity contribution is 0.0522. The average molecular weight is 251 g/mol. The SMILES string of the molecule is CC(O)(CNC1CCCCC1)c1ccc(F)cc1. The van der Waals surface area contributed by atoms with E-state index < -0.39 is 5.60 Å². The molecule has 18 heavy (non-hydrogen) atoms. The van der Waals surface area contributed by atoms with E-state index in [1.807, 2.05) is 0 Å². The molecule has 1 saturated carbocycles. The molecular formula is C15H22FNO. The van der Waals surface area contributed by atoms with Gasteiger partial charge in [-0.25, -0.2) is 4.39 Å². The van der Waals surface area contributed by atoms with E-state index in [-0.39, 0.29) is 5.82 Å². The molecule has 2 nitrogen and oxygen atoms in total. The van der Waals surface area contributed by atoms with E-state index in [1.54, 1.807) is 19.1 Å². The summed E-state index contributed by atoms with van der Waals surface area (Å²) in [6.07, 6.45) is 6.26. The number of nitrogens with one attached hydrogen (secondary N) is 1. The van der Waals surface area contributed by atoms with Crippen molar-refractivity contribution in [1.82, 2.24) is 5.32 Å². The Hall–Kier alpha value is -0.930. The number of hydrogen-bond acceptors (Lipinski definition) is 2. The Kier molecular flexibility index (Phi) is 4.36. The molecule has 0 aliphatic heterocycles. The maximum Gasteiger partial charge on any atom is 0.123 e. The van der Waals surface area contributed by atoms with Crippen LogP contribution in [-0.4, -0.2) is 17.7 Å². The third-order valence-electron chi connectivity index (χ3n) is 3.81. The van der Waals surface area contributed by atoms with Gasteiger partial charge in [0.15, 0.2) is 0 Å². The van der Waals surface area contributed by atoms with E-state index in [9.17, 15) is 9.50 Å². The van der Waals surface area contributed by atoms with Crippen molar-refractivity contribution >= 4 is 0 Å². The van der Waals surface area contributed by atoms with E-state index >= 15 is 0 Å². The van der Waals surface area contributed by atoms with Crippen LogP contribution < -0.4 is 5.32 Å². The summed E-state index contributed by atoms with van der Waals surface area (Å²) in [4.78, 5) is 0. The Bertz CT molecular complexity index is 369. The van der Waals surface area contributed by atoms with Crippen molar-refractivity contribution in [2.24, 2.45) is 0 Å². The van der Waals surface area contributed by atoms with Crippen LogP contribution in [0.15, 0.2) is 24.3 Å². The molecule has 0 amide bonds. The van der Waals surface area contributed by atoms with Crippen LogP contribution in [0, 0.1) is 5.82 Å². The van der Waals surface area contributed by atoms with Gasteiger partial charge in [-0.2, -0.15) is 0 Å². The second-order valence-electron chi connectivity index (χ2n) is 5.50. The summed E-state index contributed by atoms with van der Waals surface area (Å²) in [7, 11) is 0. The molecule has 3 heteroatoms. The van der Waals surface area contributed by atoms with E-state index in [0.717, 1.165) is 5.56 Å². The van der Waals surface area contributed by atoms with Gasteiger partial charge in [0.2, 0.25) is 0 Å². The van der Waals surface area contributed by atoms with Crippen molar-refractivity contribution in [3.8, 4) is 0 Å². The fourth-order valence-electron chi connectivity index (χ4n) is 2.56. The summed E-state index contributed by atoms with van der Waals surface area (Å²) in [5.74, 6) is -0.269. The van der Waals surface area contributed by atoms with Crippen LogP contribution >= 0.6 is 0 Å². The number of aliphatic hydroxyl groups is 1. The van der Waals surface area contributed by atoms with Gasteiger partial charge >= 0.3 is 0 Å². The predicted molar refractivity (Wildman–Crippen MR) is 70.8 cm³/mol. The first-order valence-electron chi connectivity index (χ1n) is 6.80. The van der Waals surface area contributed by atoms with Crippen molar-refractivity contribution in [2.45, 2.75) is 50.7 Å². The molecule has 1 aromatic rings. The molecule has 0 saturated heterocycles. The van der Waals surface area contributed by atoms with E-state index in [4.69, 9.17) is 0 Å². The highest BCUT2D eigenvalue weighted by Crippen LogP contribution is 2.22. The minimum Gasteiger partial charge on any atom is -0.384 e. The van der Waals surface area contributed by atoms with Crippen molar-refractivity contribution in [3.63, 3.8) is 0 Å². The van der Waals surface area contributed by atoms with Gasteiger partial charge in [-0.1, -0.05) is 31.4 Å². The topological polar surface area (TPSA) is 32.3 Å². The van der Waals surface area contributed by atoms with Crippen LogP contribution in [0.3, 0.4) is 0 Å².